The molecule has 0 aliphatic heterocycles. The van der Waals surface area contributed by atoms with Gasteiger partial charge >= 0.3 is 5.69 Å². The van der Waals surface area contributed by atoms with Crippen molar-refractivity contribution in [3.05, 3.63) is 47.1 Å². The minimum Gasteiger partial charge on any atom is -0.325 e. The summed E-state index contributed by atoms with van der Waals surface area (Å²) in [5.74, 6) is -1.05. The Morgan fingerprint density at radius 1 is 1.42 bits per heavy atom. The standard InChI is InChI=1S/C13H12N4O2/c1-9(8-14)12(18)16-10-2-4-11(5-3-10)17-7-6-15-13(17)19/h2-7,9H,1H3,(H,15,19)(H,16,18). The molecule has 1 aromatic heterocycles. The molecule has 0 spiro atoms. The average Bonchev–Trinajstić information content (AvgIpc) is 2.85. The summed E-state index contributed by atoms with van der Waals surface area (Å²) in [5.41, 5.74) is 1.05. The van der Waals surface area contributed by atoms with Crippen LogP contribution in [-0.4, -0.2) is 15.5 Å². The van der Waals surface area contributed by atoms with E-state index in [1.807, 2.05) is 6.07 Å². The van der Waals surface area contributed by atoms with Gasteiger partial charge in [0.1, 0.15) is 5.92 Å². The fraction of sp³-hybridized carbons (Fsp3) is 0.154. The highest BCUT2D eigenvalue weighted by Crippen LogP contribution is 2.12. The number of aromatic amines is 1. The summed E-state index contributed by atoms with van der Waals surface area (Å²) >= 11 is 0. The molecule has 0 radical (unpaired) electrons. The largest absolute Gasteiger partial charge is 0.330 e. The first-order valence-electron chi connectivity index (χ1n) is 5.69. The Morgan fingerprint density at radius 2 is 2.11 bits per heavy atom. The van der Waals surface area contributed by atoms with Gasteiger partial charge in [-0.2, -0.15) is 5.26 Å². The molecule has 2 aromatic rings. The summed E-state index contributed by atoms with van der Waals surface area (Å²) in [6.07, 6.45) is 3.17. The first kappa shape index (κ1) is 12.6. The predicted molar refractivity (Wildman–Crippen MR) is 69.8 cm³/mol. The highest BCUT2D eigenvalue weighted by Gasteiger charge is 2.11. The second kappa shape index (κ2) is 5.23. The van der Waals surface area contributed by atoms with E-state index < -0.39 is 5.92 Å². The Kier molecular flexibility index (Phi) is 3.48. The predicted octanol–water partition coefficient (Wildman–Crippen LogP) is 1.26. The van der Waals surface area contributed by atoms with Crippen LogP contribution in [0.1, 0.15) is 6.92 Å². The van der Waals surface area contributed by atoms with Gasteiger partial charge in [0, 0.05) is 18.1 Å². The average molecular weight is 256 g/mol. The van der Waals surface area contributed by atoms with Gasteiger partial charge in [-0.05, 0) is 31.2 Å². The molecule has 1 amide bonds. The van der Waals surface area contributed by atoms with E-state index in [1.165, 1.54) is 11.5 Å². The zero-order valence-corrected chi connectivity index (χ0v) is 10.3. The highest BCUT2D eigenvalue weighted by atomic mass is 16.2. The van der Waals surface area contributed by atoms with Gasteiger partial charge in [0.2, 0.25) is 5.91 Å². The fourth-order valence-corrected chi connectivity index (χ4v) is 1.54. The van der Waals surface area contributed by atoms with Crippen LogP contribution in [0.3, 0.4) is 0 Å². The molecule has 1 unspecified atom stereocenters. The second-order valence-electron chi connectivity index (χ2n) is 4.02. The number of amides is 1. The lowest BCUT2D eigenvalue weighted by atomic mass is 10.2. The molecule has 1 atom stereocenters. The number of benzene rings is 1. The molecule has 0 aliphatic carbocycles. The number of carbonyl (C=O) groups excluding carboxylic acids is 1. The molecule has 96 valence electrons. The minimum absolute atomic E-state index is 0.227. The first-order valence-corrected chi connectivity index (χ1v) is 5.69. The maximum atomic E-state index is 11.5. The Balaban J connectivity index is 2.16. The molecule has 1 aromatic carbocycles. The van der Waals surface area contributed by atoms with E-state index in [1.54, 1.807) is 36.7 Å². The van der Waals surface area contributed by atoms with Gasteiger partial charge in [-0.25, -0.2) is 4.79 Å². The van der Waals surface area contributed by atoms with Gasteiger partial charge < -0.3 is 10.3 Å². The molecule has 0 fully saturated rings. The van der Waals surface area contributed by atoms with Crippen molar-refractivity contribution in [2.75, 3.05) is 5.32 Å². The van der Waals surface area contributed by atoms with Crippen molar-refractivity contribution in [3.8, 4) is 11.8 Å². The van der Waals surface area contributed by atoms with E-state index in [-0.39, 0.29) is 11.6 Å². The molecular weight excluding hydrogens is 244 g/mol. The van der Waals surface area contributed by atoms with Gasteiger partial charge in [0.15, 0.2) is 0 Å². The monoisotopic (exact) mass is 256 g/mol. The van der Waals surface area contributed by atoms with Crippen molar-refractivity contribution in [2.24, 2.45) is 5.92 Å². The third-order valence-corrected chi connectivity index (χ3v) is 2.65. The lowest BCUT2D eigenvalue weighted by Gasteiger charge is -2.07. The van der Waals surface area contributed by atoms with E-state index >= 15 is 0 Å². The van der Waals surface area contributed by atoms with Gasteiger partial charge in [0.25, 0.3) is 0 Å². The van der Waals surface area contributed by atoms with Gasteiger partial charge in [-0.15, -0.1) is 0 Å². The zero-order valence-electron chi connectivity index (χ0n) is 10.3. The van der Waals surface area contributed by atoms with Crippen LogP contribution in [0.25, 0.3) is 5.69 Å². The first-order chi connectivity index (χ1) is 9.11. The fourth-order valence-electron chi connectivity index (χ4n) is 1.54. The van der Waals surface area contributed by atoms with Crippen LogP contribution in [0.4, 0.5) is 5.69 Å². The number of H-pyrrole nitrogens is 1. The summed E-state index contributed by atoms with van der Waals surface area (Å²) in [6.45, 7) is 1.53. The number of imidazole rings is 1. The molecule has 2 N–H and O–H groups in total. The Morgan fingerprint density at radius 3 is 2.63 bits per heavy atom. The van der Waals surface area contributed by atoms with Gasteiger partial charge in [-0.1, -0.05) is 0 Å². The Bertz CT molecular complexity index is 676. The van der Waals surface area contributed by atoms with Crippen LogP contribution in [0, 0.1) is 17.2 Å². The number of rotatable bonds is 3. The van der Waals surface area contributed by atoms with Gasteiger partial charge in [-0.3, -0.25) is 9.36 Å². The Hall–Kier alpha value is -2.81. The van der Waals surface area contributed by atoms with Crippen molar-refractivity contribution in [1.82, 2.24) is 9.55 Å². The van der Waals surface area contributed by atoms with Crippen molar-refractivity contribution >= 4 is 11.6 Å². The van der Waals surface area contributed by atoms with Crippen molar-refractivity contribution < 1.29 is 4.79 Å². The molecule has 6 nitrogen and oxygen atoms in total. The van der Waals surface area contributed by atoms with Crippen LogP contribution in [0.5, 0.6) is 0 Å². The summed E-state index contributed by atoms with van der Waals surface area (Å²) in [5, 5.41) is 11.3. The van der Waals surface area contributed by atoms with Crippen LogP contribution < -0.4 is 11.0 Å². The molecule has 1 heterocycles. The van der Waals surface area contributed by atoms with Crippen molar-refractivity contribution in [2.45, 2.75) is 6.92 Å². The molecular formula is C13H12N4O2. The summed E-state index contributed by atoms with van der Waals surface area (Å²) < 4.78 is 1.45. The van der Waals surface area contributed by atoms with E-state index in [0.717, 1.165) is 0 Å². The Labute approximate surface area is 109 Å². The second-order valence-corrected chi connectivity index (χ2v) is 4.02. The minimum atomic E-state index is -0.702. The number of hydrogen-bond donors (Lipinski definition) is 2. The van der Waals surface area contributed by atoms with E-state index in [2.05, 4.69) is 10.3 Å². The summed E-state index contributed by atoms with van der Waals surface area (Å²) in [6, 6.07) is 8.64. The lowest BCUT2D eigenvalue weighted by Crippen LogP contribution is -2.19. The normalized spacial score (nSPS) is 11.6. The number of hydrogen-bond acceptors (Lipinski definition) is 3. The number of nitriles is 1. The summed E-state index contributed by atoms with van der Waals surface area (Å²) in [4.78, 5) is 25.5. The maximum absolute atomic E-state index is 11.5. The number of anilines is 1. The molecule has 6 heteroatoms. The SMILES string of the molecule is CC(C#N)C(=O)Nc1ccc(-n2cc[nH]c2=O)cc1. The molecule has 0 saturated heterocycles. The molecule has 0 aliphatic rings. The topological polar surface area (TPSA) is 90.7 Å². The van der Waals surface area contributed by atoms with Crippen LogP contribution >= 0.6 is 0 Å². The molecule has 0 bridgehead atoms. The van der Waals surface area contributed by atoms with Crippen molar-refractivity contribution in [1.29, 1.82) is 5.26 Å². The molecule has 0 saturated carbocycles. The quantitative estimate of drug-likeness (QED) is 0.866. The lowest BCUT2D eigenvalue weighted by molar-refractivity contribution is -0.117. The number of nitrogens with one attached hydrogen (secondary N) is 2. The van der Waals surface area contributed by atoms with Gasteiger partial charge in [0.05, 0.1) is 11.8 Å². The molecule has 19 heavy (non-hydrogen) atoms. The highest BCUT2D eigenvalue weighted by molar-refractivity contribution is 5.93. The van der Waals surface area contributed by atoms with Crippen LogP contribution in [0.2, 0.25) is 0 Å². The third-order valence-electron chi connectivity index (χ3n) is 2.65. The van der Waals surface area contributed by atoms with Crippen molar-refractivity contribution in [3.63, 3.8) is 0 Å². The van der Waals surface area contributed by atoms with Crippen LogP contribution in [0.15, 0.2) is 41.5 Å². The van der Waals surface area contributed by atoms with E-state index in [4.69, 9.17) is 5.26 Å². The van der Waals surface area contributed by atoms with Crippen LogP contribution in [-0.2, 0) is 4.79 Å². The van der Waals surface area contributed by atoms with E-state index in [0.29, 0.717) is 11.4 Å². The zero-order chi connectivity index (χ0) is 13.8. The smallest absolute Gasteiger partial charge is 0.325 e. The maximum Gasteiger partial charge on any atom is 0.330 e. The van der Waals surface area contributed by atoms with E-state index in [9.17, 15) is 9.59 Å². The number of carbonyl (C=O) groups is 1. The molecule has 2 rings (SSSR count). The third kappa shape index (κ3) is 2.72. The number of aromatic nitrogens is 2. The summed E-state index contributed by atoms with van der Waals surface area (Å²) in [7, 11) is 0. The number of nitrogens with zero attached hydrogens (tertiary/aromatic N) is 2.